The Morgan fingerprint density at radius 2 is 0.742 bits per heavy atom. The Kier molecular flexibility index (Phi) is 8.04. The number of anilines is 3. The lowest BCUT2D eigenvalue weighted by atomic mass is 9.98. The summed E-state index contributed by atoms with van der Waals surface area (Å²) < 4.78 is 13.3. The highest BCUT2D eigenvalue weighted by Crippen LogP contribution is 2.44. The summed E-state index contributed by atoms with van der Waals surface area (Å²) in [6, 6.07) is 81.1. The van der Waals surface area contributed by atoms with Gasteiger partial charge in [-0.3, -0.25) is 0 Å². The third-order valence-corrected chi connectivity index (χ3v) is 13.9. The smallest absolute Gasteiger partial charge is 0.143 e. The quantitative estimate of drug-likeness (QED) is 0.167. The van der Waals surface area contributed by atoms with Gasteiger partial charge in [-0.1, -0.05) is 176 Å². The van der Waals surface area contributed by atoms with E-state index in [0.717, 1.165) is 89.6 Å². The predicted octanol–water partition coefficient (Wildman–Crippen LogP) is 17.8. The van der Waals surface area contributed by atoms with Gasteiger partial charge in [0.05, 0.1) is 0 Å². The Morgan fingerprint density at radius 1 is 0.303 bits per heavy atom. The molecule has 0 atom stereocenters. The second-order valence-electron chi connectivity index (χ2n) is 17.6. The monoisotopic (exact) mass is 841 g/mol. The minimum Gasteiger partial charge on any atom is -0.455 e. The highest BCUT2D eigenvalue weighted by atomic mass is 16.3. The number of para-hydroxylation sites is 2. The first-order valence-electron chi connectivity index (χ1n) is 22.7. The van der Waals surface area contributed by atoms with E-state index in [-0.39, 0.29) is 0 Å². The zero-order valence-corrected chi connectivity index (χ0v) is 35.8. The molecule has 2 aromatic heterocycles. The van der Waals surface area contributed by atoms with E-state index in [1.54, 1.807) is 0 Å². The third kappa shape index (κ3) is 5.70. The van der Waals surface area contributed by atoms with Crippen LogP contribution in [0, 0.1) is 0 Å². The van der Waals surface area contributed by atoms with E-state index >= 15 is 0 Å². The van der Waals surface area contributed by atoms with Crippen molar-refractivity contribution in [2.24, 2.45) is 0 Å². The molecule has 0 amide bonds. The van der Waals surface area contributed by atoms with Gasteiger partial charge >= 0.3 is 0 Å². The van der Waals surface area contributed by atoms with Crippen molar-refractivity contribution < 1.29 is 8.83 Å². The summed E-state index contributed by atoms with van der Waals surface area (Å²) in [4.78, 5) is 2.35. The standard InChI is InChI=1S/C63H39NO2/c1-5-13-52-40(9-1)26-35-58-60(52)56-17-7-15-54(62(56)65-58)42-21-30-48(31-22-42)64(47-28-19-39(20-29-47)44-25-34-51-46(37-44)38-45-11-3-4-12-50(45)51)49-32-23-43(24-33-49)55-16-8-18-57-61-53-14-6-2-10-41(53)27-36-59(61)66-63(55)57/h1-37H,38H2. The fraction of sp³-hybridized carbons (Fsp3) is 0.0159. The van der Waals surface area contributed by atoms with Crippen molar-refractivity contribution >= 4 is 82.5 Å². The van der Waals surface area contributed by atoms with Crippen molar-refractivity contribution in [2.75, 3.05) is 4.90 Å². The average Bonchev–Trinajstić information content (AvgIpc) is 4.09. The van der Waals surface area contributed by atoms with Gasteiger partial charge in [-0.25, -0.2) is 0 Å². The second-order valence-corrected chi connectivity index (χ2v) is 17.6. The van der Waals surface area contributed by atoms with Crippen molar-refractivity contribution in [3.8, 4) is 44.5 Å². The fourth-order valence-electron chi connectivity index (χ4n) is 10.7. The van der Waals surface area contributed by atoms with Crippen LogP contribution in [-0.4, -0.2) is 0 Å². The zero-order chi connectivity index (χ0) is 43.3. The molecule has 308 valence electrons. The number of nitrogens with zero attached hydrogens (tertiary/aromatic N) is 1. The van der Waals surface area contributed by atoms with E-state index in [0.29, 0.717) is 0 Å². The van der Waals surface area contributed by atoms with Gasteiger partial charge in [0.2, 0.25) is 0 Å². The Bertz CT molecular complexity index is 3860. The normalized spacial score (nSPS) is 12.2. The molecule has 1 aliphatic carbocycles. The molecule has 0 spiro atoms. The fourth-order valence-corrected chi connectivity index (χ4v) is 10.7. The van der Waals surface area contributed by atoms with Gasteiger partial charge in [-0.05, 0) is 121 Å². The first-order valence-corrected chi connectivity index (χ1v) is 22.7. The van der Waals surface area contributed by atoms with Gasteiger partial charge in [0, 0.05) is 49.7 Å². The van der Waals surface area contributed by atoms with Gasteiger partial charge in [0.1, 0.15) is 22.3 Å². The molecule has 0 bridgehead atoms. The molecule has 0 unspecified atom stereocenters. The summed E-state index contributed by atoms with van der Waals surface area (Å²) in [5, 5.41) is 9.42. The maximum Gasteiger partial charge on any atom is 0.143 e. The van der Waals surface area contributed by atoms with E-state index in [9.17, 15) is 0 Å². The maximum absolute atomic E-state index is 6.64. The lowest BCUT2D eigenvalue weighted by molar-refractivity contribution is 0.670. The topological polar surface area (TPSA) is 29.5 Å². The molecule has 0 saturated heterocycles. The van der Waals surface area contributed by atoms with Crippen LogP contribution >= 0.6 is 0 Å². The van der Waals surface area contributed by atoms with Crippen LogP contribution in [0.1, 0.15) is 11.1 Å². The van der Waals surface area contributed by atoms with Gasteiger partial charge in [-0.15, -0.1) is 0 Å². The molecule has 66 heavy (non-hydrogen) atoms. The van der Waals surface area contributed by atoms with Gasteiger partial charge in [0.25, 0.3) is 0 Å². The lowest BCUT2D eigenvalue weighted by Gasteiger charge is -2.26. The van der Waals surface area contributed by atoms with Crippen LogP contribution in [0.3, 0.4) is 0 Å². The number of furan rings is 2. The molecule has 0 N–H and O–H groups in total. The molecule has 0 aliphatic heterocycles. The SMILES string of the molecule is c1ccc2c(c1)Cc1cc(-c3ccc(N(c4ccc(-c5cccc6c5oc5ccc7ccccc7c56)cc4)c4ccc(-c5cccc6c5oc5ccc7ccccc7c56)cc4)cc3)ccc1-2. The highest BCUT2D eigenvalue weighted by Gasteiger charge is 2.21. The summed E-state index contributed by atoms with van der Waals surface area (Å²) in [7, 11) is 0. The summed E-state index contributed by atoms with van der Waals surface area (Å²) in [5.74, 6) is 0. The van der Waals surface area contributed by atoms with Crippen LogP contribution in [0.5, 0.6) is 0 Å². The van der Waals surface area contributed by atoms with Crippen LogP contribution in [0.2, 0.25) is 0 Å². The molecular formula is C63H39NO2. The van der Waals surface area contributed by atoms with Crippen molar-refractivity contribution in [3.63, 3.8) is 0 Å². The highest BCUT2D eigenvalue weighted by molar-refractivity contribution is 6.22. The van der Waals surface area contributed by atoms with E-state index in [2.05, 4.69) is 229 Å². The molecule has 3 heteroatoms. The predicted molar refractivity (Wildman–Crippen MR) is 275 cm³/mol. The molecular weight excluding hydrogens is 803 g/mol. The Morgan fingerprint density at radius 3 is 1.30 bits per heavy atom. The number of benzene rings is 11. The summed E-state index contributed by atoms with van der Waals surface area (Å²) >= 11 is 0. The summed E-state index contributed by atoms with van der Waals surface area (Å²) in [6.45, 7) is 0. The maximum atomic E-state index is 6.64. The third-order valence-electron chi connectivity index (χ3n) is 13.9. The average molecular weight is 842 g/mol. The Labute approximate surface area is 381 Å². The van der Waals surface area contributed by atoms with Crippen LogP contribution in [0.15, 0.2) is 233 Å². The molecule has 0 saturated carbocycles. The van der Waals surface area contributed by atoms with Crippen LogP contribution in [0.25, 0.3) is 110 Å². The number of rotatable bonds is 6. The van der Waals surface area contributed by atoms with Crippen LogP contribution in [-0.2, 0) is 6.42 Å². The van der Waals surface area contributed by atoms with E-state index in [1.165, 1.54) is 54.9 Å². The van der Waals surface area contributed by atoms with Gasteiger partial charge < -0.3 is 13.7 Å². The summed E-state index contributed by atoms with van der Waals surface area (Å²) in [6.07, 6.45) is 0.973. The molecule has 0 fully saturated rings. The molecule has 1 aliphatic rings. The lowest BCUT2D eigenvalue weighted by Crippen LogP contribution is -2.09. The molecule has 0 radical (unpaired) electrons. The van der Waals surface area contributed by atoms with Gasteiger partial charge in [0.15, 0.2) is 0 Å². The zero-order valence-electron chi connectivity index (χ0n) is 35.8. The minimum atomic E-state index is 0.904. The molecule has 2 heterocycles. The first kappa shape index (κ1) is 36.8. The van der Waals surface area contributed by atoms with E-state index in [1.807, 2.05) is 0 Å². The molecule has 3 nitrogen and oxygen atoms in total. The van der Waals surface area contributed by atoms with Gasteiger partial charge in [-0.2, -0.15) is 0 Å². The van der Waals surface area contributed by atoms with Crippen molar-refractivity contribution in [1.82, 2.24) is 0 Å². The molecule has 14 rings (SSSR count). The van der Waals surface area contributed by atoms with Crippen molar-refractivity contribution in [1.29, 1.82) is 0 Å². The van der Waals surface area contributed by atoms with Crippen molar-refractivity contribution in [2.45, 2.75) is 6.42 Å². The van der Waals surface area contributed by atoms with Crippen molar-refractivity contribution in [3.05, 3.63) is 236 Å². The Hall–Kier alpha value is -8.66. The van der Waals surface area contributed by atoms with Crippen LogP contribution < -0.4 is 4.90 Å². The first-order chi connectivity index (χ1) is 32.7. The number of fused-ring (bicyclic) bond motifs is 13. The van der Waals surface area contributed by atoms with E-state index < -0.39 is 0 Å². The van der Waals surface area contributed by atoms with Crippen LogP contribution in [0.4, 0.5) is 17.1 Å². The summed E-state index contributed by atoms with van der Waals surface area (Å²) in [5.41, 5.74) is 19.1. The Balaban J connectivity index is 0.857. The second kappa shape index (κ2) is 14.4. The molecule has 11 aromatic carbocycles. The largest absolute Gasteiger partial charge is 0.455 e. The number of hydrogen-bond acceptors (Lipinski definition) is 3. The minimum absolute atomic E-state index is 0.904. The van der Waals surface area contributed by atoms with E-state index in [4.69, 9.17) is 8.83 Å². The number of hydrogen-bond donors (Lipinski definition) is 0. The molecule has 13 aromatic rings.